The van der Waals surface area contributed by atoms with Crippen LogP contribution in [-0.4, -0.2) is 23.5 Å². The maximum atomic E-state index is 2.79. The van der Waals surface area contributed by atoms with Crippen LogP contribution in [-0.2, 0) is 0 Å². The monoisotopic (exact) mass is 325 g/mol. The molecule has 0 fully saturated rings. The largest absolute Gasteiger partial charge is 0.298 e. The first kappa shape index (κ1) is 23.0. The number of hydrogen-bond donors (Lipinski definition) is 0. The zero-order valence-corrected chi connectivity index (χ0v) is 17.2. The van der Waals surface area contributed by atoms with E-state index < -0.39 is 0 Å². The molecule has 23 heavy (non-hydrogen) atoms. The Labute approximate surface area is 148 Å². The summed E-state index contributed by atoms with van der Waals surface area (Å²) in [5.74, 6) is 0. The van der Waals surface area contributed by atoms with Crippen molar-refractivity contribution in [1.29, 1.82) is 0 Å². The van der Waals surface area contributed by atoms with Crippen LogP contribution >= 0.6 is 0 Å². The standard InChI is InChI=1S/C22H47N/c1-6-9-10-11-12-13-14-15-16-17-20-23(21(4)18-7-2)22(5)19-8-3/h21-22H,6-20H2,1-5H3. The Bertz CT molecular complexity index is 214. The van der Waals surface area contributed by atoms with Crippen LogP contribution in [0.25, 0.3) is 0 Å². The third-order valence-electron chi connectivity index (χ3n) is 5.32. The second-order valence-corrected chi connectivity index (χ2v) is 7.70. The average molecular weight is 326 g/mol. The molecule has 0 N–H and O–H groups in total. The van der Waals surface area contributed by atoms with Crippen LogP contribution in [0.4, 0.5) is 0 Å². The molecule has 1 nitrogen and oxygen atoms in total. The van der Waals surface area contributed by atoms with Crippen LogP contribution in [0.2, 0.25) is 0 Å². The predicted molar refractivity (Wildman–Crippen MR) is 107 cm³/mol. The van der Waals surface area contributed by atoms with Crippen LogP contribution in [0.1, 0.15) is 125 Å². The molecule has 0 aliphatic rings. The normalized spacial score (nSPS) is 14.3. The average Bonchev–Trinajstić information content (AvgIpc) is 2.53. The van der Waals surface area contributed by atoms with Gasteiger partial charge in [0.15, 0.2) is 0 Å². The molecule has 0 aromatic carbocycles. The van der Waals surface area contributed by atoms with Crippen LogP contribution in [0.5, 0.6) is 0 Å². The van der Waals surface area contributed by atoms with Crippen LogP contribution in [0.15, 0.2) is 0 Å². The van der Waals surface area contributed by atoms with Crippen molar-refractivity contribution in [2.24, 2.45) is 0 Å². The van der Waals surface area contributed by atoms with Crippen molar-refractivity contribution in [3.8, 4) is 0 Å². The van der Waals surface area contributed by atoms with Gasteiger partial charge in [-0.1, -0.05) is 91.4 Å². The second-order valence-electron chi connectivity index (χ2n) is 7.70. The van der Waals surface area contributed by atoms with Crippen molar-refractivity contribution >= 4 is 0 Å². The van der Waals surface area contributed by atoms with E-state index in [9.17, 15) is 0 Å². The summed E-state index contributed by atoms with van der Waals surface area (Å²) in [5.41, 5.74) is 0. The summed E-state index contributed by atoms with van der Waals surface area (Å²) < 4.78 is 0. The summed E-state index contributed by atoms with van der Waals surface area (Å²) in [6.07, 6.45) is 19.7. The molecule has 140 valence electrons. The van der Waals surface area contributed by atoms with Crippen molar-refractivity contribution in [3.63, 3.8) is 0 Å². The molecule has 0 aromatic rings. The molecule has 0 radical (unpaired) electrons. The van der Waals surface area contributed by atoms with E-state index in [4.69, 9.17) is 0 Å². The third-order valence-corrected chi connectivity index (χ3v) is 5.32. The lowest BCUT2D eigenvalue weighted by Gasteiger charge is -2.34. The Morgan fingerprint density at radius 2 is 0.913 bits per heavy atom. The molecule has 0 bridgehead atoms. The van der Waals surface area contributed by atoms with E-state index in [1.165, 1.54) is 96.4 Å². The van der Waals surface area contributed by atoms with E-state index in [0.29, 0.717) is 0 Å². The molecule has 0 aliphatic heterocycles. The smallest absolute Gasteiger partial charge is 0.00696 e. The Kier molecular flexibility index (Phi) is 16.8. The van der Waals surface area contributed by atoms with Gasteiger partial charge in [-0.25, -0.2) is 0 Å². The molecular formula is C22H47N. The molecule has 0 saturated heterocycles. The summed E-state index contributed by atoms with van der Waals surface area (Å²) in [5, 5.41) is 0. The van der Waals surface area contributed by atoms with Crippen molar-refractivity contribution in [2.75, 3.05) is 6.54 Å². The van der Waals surface area contributed by atoms with Crippen LogP contribution < -0.4 is 0 Å². The van der Waals surface area contributed by atoms with Crippen LogP contribution in [0, 0.1) is 0 Å². The highest BCUT2D eigenvalue weighted by Crippen LogP contribution is 2.17. The summed E-state index contributed by atoms with van der Waals surface area (Å²) in [7, 11) is 0. The Balaban J connectivity index is 3.73. The fourth-order valence-corrected chi connectivity index (χ4v) is 3.82. The van der Waals surface area contributed by atoms with Gasteiger partial charge in [-0.3, -0.25) is 4.90 Å². The Hall–Kier alpha value is -0.0400. The van der Waals surface area contributed by atoms with Gasteiger partial charge in [0.1, 0.15) is 0 Å². The van der Waals surface area contributed by atoms with E-state index in [2.05, 4.69) is 39.5 Å². The molecule has 0 rings (SSSR count). The second kappa shape index (κ2) is 16.8. The number of unbranched alkanes of at least 4 members (excludes halogenated alkanes) is 9. The van der Waals surface area contributed by atoms with Gasteiger partial charge < -0.3 is 0 Å². The quantitative estimate of drug-likeness (QED) is 0.249. The highest BCUT2D eigenvalue weighted by molar-refractivity contribution is 4.73. The van der Waals surface area contributed by atoms with E-state index in [1.54, 1.807) is 0 Å². The summed E-state index contributed by atoms with van der Waals surface area (Å²) >= 11 is 0. The fourth-order valence-electron chi connectivity index (χ4n) is 3.82. The van der Waals surface area contributed by atoms with Gasteiger partial charge in [0.05, 0.1) is 0 Å². The van der Waals surface area contributed by atoms with Gasteiger partial charge in [-0.15, -0.1) is 0 Å². The minimum atomic E-state index is 0.764. The Morgan fingerprint density at radius 1 is 0.522 bits per heavy atom. The van der Waals surface area contributed by atoms with Gasteiger partial charge in [-0.05, 0) is 39.7 Å². The zero-order chi connectivity index (χ0) is 17.3. The van der Waals surface area contributed by atoms with Gasteiger partial charge in [0, 0.05) is 12.1 Å². The number of hydrogen-bond acceptors (Lipinski definition) is 1. The van der Waals surface area contributed by atoms with E-state index in [0.717, 1.165) is 12.1 Å². The van der Waals surface area contributed by atoms with E-state index >= 15 is 0 Å². The first-order chi connectivity index (χ1) is 11.2. The first-order valence-corrected chi connectivity index (χ1v) is 10.9. The molecule has 0 aromatic heterocycles. The minimum absolute atomic E-state index is 0.764. The lowest BCUT2D eigenvalue weighted by molar-refractivity contribution is 0.135. The fraction of sp³-hybridized carbons (Fsp3) is 1.00. The lowest BCUT2D eigenvalue weighted by Crippen LogP contribution is -2.40. The van der Waals surface area contributed by atoms with Gasteiger partial charge in [0.2, 0.25) is 0 Å². The third kappa shape index (κ3) is 13.0. The number of nitrogens with zero attached hydrogens (tertiary/aromatic N) is 1. The van der Waals surface area contributed by atoms with Crippen molar-refractivity contribution < 1.29 is 0 Å². The molecule has 0 saturated carbocycles. The SMILES string of the molecule is CCCCCCCCCCCCN(C(C)CCC)C(C)CCC. The Morgan fingerprint density at radius 3 is 1.30 bits per heavy atom. The molecular weight excluding hydrogens is 278 g/mol. The molecule has 0 amide bonds. The molecule has 0 heterocycles. The molecule has 2 unspecified atom stereocenters. The zero-order valence-electron chi connectivity index (χ0n) is 17.2. The molecule has 1 heteroatoms. The first-order valence-electron chi connectivity index (χ1n) is 10.9. The van der Waals surface area contributed by atoms with Crippen molar-refractivity contribution in [3.05, 3.63) is 0 Å². The van der Waals surface area contributed by atoms with Crippen molar-refractivity contribution in [1.82, 2.24) is 4.90 Å². The van der Waals surface area contributed by atoms with Gasteiger partial charge >= 0.3 is 0 Å². The van der Waals surface area contributed by atoms with Crippen LogP contribution in [0.3, 0.4) is 0 Å². The van der Waals surface area contributed by atoms with Gasteiger partial charge in [0.25, 0.3) is 0 Å². The predicted octanol–water partition coefficient (Wildman–Crippen LogP) is 7.59. The maximum absolute atomic E-state index is 2.79. The maximum Gasteiger partial charge on any atom is 0.00696 e. The van der Waals surface area contributed by atoms with E-state index in [-0.39, 0.29) is 0 Å². The highest BCUT2D eigenvalue weighted by Gasteiger charge is 2.18. The summed E-state index contributed by atoms with van der Waals surface area (Å²) in [4.78, 5) is 2.79. The van der Waals surface area contributed by atoms with Gasteiger partial charge in [-0.2, -0.15) is 0 Å². The number of rotatable bonds is 17. The highest BCUT2D eigenvalue weighted by atomic mass is 15.2. The molecule has 0 aliphatic carbocycles. The molecule has 0 spiro atoms. The van der Waals surface area contributed by atoms with E-state index in [1.807, 2.05) is 0 Å². The van der Waals surface area contributed by atoms with Crippen molar-refractivity contribution in [2.45, 2.75) is 137 Å². The lowest BCUT2D eigenvalue weighted by atomic mass is 10.0. The molecule has 2 atom stereocenters. The minimum Gasteiger partial charge on any atom is -0.298 e. The summed E-state index contributed by atoms with van der Waals surface area (Å²) in [6, 6.07) is 1.53. The topological polar surface area (TPSA) is 3.24 Å². The summed E-state index contributed by atoms with van der Waals surface area (Å²) in [6.45, 7) is 13.1.